The highest BCUT2D eigenvalue weighted by molar-refractivity contribution is 5.78. The second-order valence-corrected chi connectivity index (χ2v) is 3.18. The maximum atomic E-state index is 11.8. The minimum atomic E-state index is -4.29. The maximum Gasteiger partial charge on any atom is 0.401 e. The molecule has 0 fully saturated rings. The van der Waals surface area contributed by atoms with Gasteiger partial charge in [-0.3, -0.25) is 4.79 Å². The first-order valence-corrected chi connectivity index (χ1v) is 4.95. The molecule has 1 N–H and O–H groups in total. The highest BCUT2D eigenvalue weighted by atomic mass is 19.4. The van der Waals surface area contributed by atoms with E-state index in [2.05, 4.69) is 5.32 Å². The molecule has 0 rings (SSSR count). The van der Waals surface area contributed by atoms with Crippen LogP contribution in [0.5, 0.6) is 0 Å². The molecule has 0 heterocycles. The summed E-state index contributed by atoms with van der Waals surface area (Å²) in [7, 11) is 1.50. The fraction of sp³-hybridized carbons (Fsp3) is 0.889. The van der Waals surface area contributed by atoms with Crippen molar-refractivity contribution in [2.24, 2.45) is 0 Å². The predicted octanol–water partition coefficient (Wildman–Crippen LogP) is 0.633. The largest absolute Gasteiger partial charge is 0.401 e. The van der Waals surface area contributed by atoms with Gasteiger partial charge >= 0.3 is 6.18 Å². The molecule has 0 spiro atoms. The molecule has 16 heavy (non-hydrogen) atoms. The lowest BCUT2D eigenvalue weighted by Crippen LogP contribution is -2.42. The summed E-state index contributed by atoms with van der Waals surface area (Å²) in [5, 5.41) is 2.06. The van der Waals surface area contributed by atoms with Gasteiger partial charge < -0.3 is 15.0 Å². The first-order chi connectivity index (χ1) is 7.40. The molecule has 4 nitrogen and oxygen atoms in total. The van der Waals surface area contributed by atoms with E-state index >= 15 is 0 Å². The van der Waals surface area contributed by atoms with Crippen LogP contribution in [-0.4, -0.2) is 56.9 Å². The molecule has 0 saturated carbocycles. The van der Waals surface area contributed by atoms with E-state index in [4.69, 9.17) is 4.74 Å². The van der Waals surface area contributed by atoms with Gasteiger partial charge in [0.2, 0.25) is 5.91 Å². The summed E-state index contributed by atoms with van der Waals surface area (Å²) < 4.78 is 40.1. The Morgan fingerprint density at radius 3 is 2.50 bits per heavy atom. The van der Waals surface area contributed by atoms with Gasteiger partial charge in [0.25, 0.3) is 0 Å². The Morgan fingerprint density at radius 2 is 2.06 bits per heavy atom. The molecule has 0 aliphatic carbocycles. The summed E-state index contributed by atoms with van der Waals surface area (Å²) in [5.74, 6) is -0.358. The number of hydrogen-bond donors (Lipinski definition) is 1. The standard InChI is InChI=1S/C9H17F3N2O2/c1-3-14(4-5-16-2)8(15)6-13-7-9(10,11)12/h13H,3-7H2,1-2H3. The number of carbonyl (C=O) groups excluding carboxylic acids is 1. The van der Waals surface area contributed by atoms with E-state index in [1.807, 2.05) is 0 Å². The van der Waals surface area contributed by atoms with Crippen molar-refractivity contribution >= 4 is 5.91 Å². The fourth-order valence-electron chi connectivity index (χ4n) is 1.08. The number of ether oxygens (including phenoxy) is 1. The molecule has 0 aromatic rings. The minimum Gasteiger partial charge on any atom is -0.383 e. The van der Waals surface area contributed by atoms with Crippen molar-refractivity contribution in [3.05, 3.63) is 0 Å². The zero-order valence-electron chi connectivity index (χ0n) is 9.43. The highest BCUT2D eigenvalue weighted by Crippen LogP contribution is 2.11. The average molecular weight is 242 g/mol. The first-order valence-electron chi connectivity index (χ1n) is 4.95. The third-order valence-electron chi connectivity index (χ3n) is 1.90. The Labute approximate surface area is 92.7 Å². The Balaban J connectivity index is 3.84. The zero-order valence-corrected chi connectivity index (χ0v) is 9.43. The van der Waals surface area contributed by atoms with Crippen LogP contribution in [0.1, 0.15) is 6.92 Å². The maximum absolute atomic E-state index is 11.8. The fourth-order valence-corrected chi connectivity index (χ4v) is 1.08. The van der Waals surface area contributed by atoms with Gasteiger partial charge in [-0.2, -0.15) is 13.2 Å². The van der Waals surface area contributed by atoms with Gasteiger partial charge in [-0.15, -0.1) is 0 Å². The van der Waals surface area contributed by atoms with Gasteiger partial charge in [0.15, 0.2) is 0 Å². The quantitative estimate of drug-likeness (QED) is 0.712. The SMILES string of the molecule is CCN(CCOC)C(=O)CNCC(F)(F)F. The lowest BCUT2D eigenvalue weighted by molar-refractivity contribution is -0.134. The molecule has 0 aromatic carbocycles. The highest BCUT2D eigenvalue weighted by Gasteiger charge is 2.26. The van der Waals surface area contributed by atoms with Gasteiger partial charge in [0, 0.05) is 20.2 Å². The zero-order chi connectivity index (χ0) is 12.6. The van der Waals surface area contributed by atoms with Crippen LogP contribution in [0.2, 0.25) is 0 Å². The van der Waals surface area contributed by atoms with E-state index < -0.39 is 12.7 Å². The lowest BCUT2D eigenvalue weighted by atomic mass is 10.4. The second-order valence-electron chi connectivity index (χ2n) is 3.18. The van der Waals surface area contributed by atoms with Crippen molar-refractivity contribution in [3.63, 3.8) is 0 Å². The Morgan fingerprint density at radius 1 is 1.44 bits per heavy atom. The summed E-state index contributed by atoms with van der Waals surface area (Å²) in [6.45, 7) is 1.52. The summed E-state index contributed by atoms with van der Waals surface area (Å²) in [5.41, 5.74) is 0. The topological polar surface area (TPSA) is 41.6 Å². The molecule has 0 aliphatic heterocycles. The van der Waals surface area contributed by atoms with E-state index in [9.17, 15) is 18.0 Å². The Kier molecular flexibility index (Phi) is 7.07. The molecule has 96 valence electrons. The number of carbonyl (C=O) groups is 1. The van der Waals surface area contributed by atoms with Crippen molar-refractivity contribution in [2.75, 3.05) is 39.9 Å². The molecular weight excluding hydrogens is 225 g/mol. The number of hydrogen-bond acceptors (Lipinski definition) is 3. The van der Waals surface area contributed by atoms with Gasteiger partial charge in [-0.1, -0.05) is 0 Å². The third-order valence-corrected chi connectivity index (χ3v) is 1.90. The van der Waals surface area contributed by atoms with Crippen LogP contribution in [0.15, 0.2) is 0 Å². The van der Waals surface area contributed by atoms with E-state index in [-0.39, 0.29) is 12.5 Å². The van der Waals surface area contributed by atoms with Crippen LogP contribution in [-0.2, 0) is 9.53 Å². The molecule has 1 amide bonds. The molecule has 0 aliphatic rings. The third kappa shape index (κ3) is 7.47. The monoisotopic (exact) mass is 242 g/mol. The van der Waals surface area contributed by atoms with Crippen molar-refractivity contribution in [3.8, 4) is 0 Å². The van der Waals surface area contributed by atoms with Crippen molar-refractivity contribution < 1.29 is 22.7 Å². The number of alkyl halides is 3. The molecule has 0 radical (unpaired) electrons. The molecule has 0 saturated heterocycles. The van der Waals surface area contributed by atoms with Crippen LogP contribution in [0.25, 0.3) is 0 Å². The Hall–Kier alpha value is -0.820. The van der Waals surface area contributed by atoms with Crippen LogP contribution < -0.4 is 5.32 Å². The van der Waals surface area contributed by atoms with Gasteiger partial charge in [-0.25, -0.2) is 0 Å². The number of likely N-dealkylation sites (N-methyl/N-ethyl adjacent to an activating group) is 1. The average Bonchev–Trinajstić information content (AvgIpc) is 2.17. The van der Waals surface area contributed by atoms with E-state index in [1.54, 1.807) is 6.92 Å². The number of nitrogens with one attached hydrogen (secondary N) is 1. The number of amides is 1. The molecule has 0 bridgehead atoms. The van der Waals surface area contributed by atoms with Crippen molar-refractivity contribution in [2.45, 2.75) is 13.1 Å². The van der Waals surface area contributed by atoms with Crippen molar-refractivity contribution in [1.29, 1.82) is 0 Å². The molecule has 0 atom stereocenters. The molecule has 7 heteroatoms. The number of methoxy groups -OCH3 is 1. The smallest absolute Gasteiger partial charge is 0.383 e. The van der Waals surface area contributed by atoms with E-state index in [0.717, 1.165) is 0 Å². The summed E-state index contributed by atoms with van der Waals surface area (Å²) >= 11 is 0. The second kappa shape index (κ2) is 7.45. The van der Waals surface area contributed by atoms with Crippen LogP contribution in [0.3, 0.4) is 0 Å². The van der Waals surface area contributed by atoms with E-state index in [0.29, 0.717) is 19.7 Å². The molecular formula is C9H17F3N2O2. The van der Waals surface area contributed by atoms with Crippen LogP contribution in [0.4, 0.5) is 13.2 Å². The summed E-state index contributed by atoms with van der Waals surface area (Å²) in [6, 6.07) is 0. The van der Waals surface area contributed by atoms with Crippen molar-refractivity contribution in [1.82, 2.24) is 10.2 Å². The number of nitrogens with zero attached hydrogens (tertiary/aromatic N) is 1. The normalized spacial score (nSPS) is 11.6. The predicted molar refractivity (Wildman–Crippen MR) is 53.1 cm³/mol. The lowest BCUT2D eigenvalue weighted by Gasteiger charge is -2.20. The van der Waals surface area contributed by atoms with E-state index in [1.165, 1.54) is 12.0 Å². The van der Waals surface area contributed by atoms with Gasteiger partial charge in [-0.05, 0) is 6.92 Å². The van der Waals surface area contributed by atoms with Gasteiger partial charge in [0.05, 0.1) is 19.7 Å². The van der Waals surface area contributed by atoms with Crippen LogP contribution in [0, 0.1) is 0 Å². The first kappa shape index (κ1) is 15.2. The van der Waals surface area contributed by atoms with Gasteiger partial charge in [0.1, 0.15) is 0 Å². The number of rotatable bonds is 7. The summed E-state index contributed by atoms with van der Waals surface area (Å²) in [4.78, 5) is 12.8. The molecule has 0 unspecified atom stereocenters. The summed E-state index contributed by atoms with van der Waals surface area (Å²) in [6.07, 6.45) is -4.29. The Bertz CT molecular complexity index is 209. The molecule has 0 aromatic heterocycles. The van der Waals surface area contributed by atoms with Crippen LogP contribution >= 0.6 is 0 Å². The number of halogens is 3. The minimum absolute atomic E-state index is 0.308.